The third kappa shape index (κ3) is 1.40. The van der Waals surface area contributed by atoms with Crippen LogP contribution < -0.4 is 0 Å². The van der Waals surface area contributed by atoms with Gasteiger partial charge >= 0.3 is 0 Å². The summed E-state index contributed by atoms with van der Waals surface area (Å²) < 4.78 is 1.62. The Morgan fingerprint density at radius 3 is 2.38 bits per heavy atom. The van der Waals surface area contributed by atoms with Gasteiger partial charge in [0, 0.05) is 12.4 Å². The molecule has 0 atom stereocenters. The molecule has 2 aromatic heterocycles. The quantitative estimate of drug-likeness (QED) is 0.639. The summed E-state index contributed by atoms with van der Waals surface area (Å²) in [5.41, 5.74) is 0. The molecule has 0 N–H and O–H groups in total. The number of aromatic nitrogens is 5. The standard InChI is InChI=1S/C8H9N5/c1-6-11-7(2)13(12-6)8-9-4-3-5-10-8/h3-5H,1-2H3. The number of nitrogens with zero attached hydrogens (tertiary/aromatic N) is 5. The lowest BCUT2D eigenvalue weighted by Crippen LogP contribution is -2.03. The second kappa shape index (κ2) is 2.93. The summed E-state index contributed by atoms with van der Waals surface area (Å²) in [6, 6.07) is 1.77. The Morgan fingerprint density at radius 2 is 1.85 bits per heavy atom. The average molecular weight is 175 g/mol. The SMILES string of the molecule is Cc1nc(C)n(-c2ncccn2)n1. The highest BCUT2D eigenvalue weighted by atomic mass is 15.4. The zero-order valence-corrected chi connectivity index (χ0v) is 7.47. The van der Waals surface area contributed by atoms with Gasteiger partial charge in [0.05, 0.1) is 0 Å². The van der Waals surface area contributed by atoms with Gasteiger partial charge in [-0.15, -0.1) is 5.10 Å². The summed E-state index contributed by atoms with van der Waals surface area (Å²) >= 11 is 0. The largest absolute Gasteiger partial charge is 0.252 e. The molecule has 0 aliphatic rings. The normalized spacial score (nSPS) is 10.3. The second-order valence-corrected chi connectivity index (χ2v) is 2.67. The van der Waals surface area contributed by atoms with Crippen molar-refractivity contribution in [1.29, 1.82) is 0 Å². The fourth-order valence-corrected chi connectivity index (χ4v) is 1.11. The molecule has 66 valence electrons. The number of rotatable bonds is 1. The lowest BCUT2D eigenvalue weighted by Gasteiger charge is -1.97. The van der Waals surface area contributed by atoms with Crippen LogP contribution >= 0.6 is 0 Å². The van der Waals surface area contributed by atoms with Crippen molar-refractivity contribution in [3.63, 3.8) is 0 Å². The van der Waals surface area contributed by atoms with Gasteiger partial charge in [-0.2, -0.15) is 4.68 Å². The molecule has 2 aromatic rings. The van der Waals surface area contributed by atoms with Crippen LogP contribution in [0.15, 0.2) is 18.5 Å². The molecule has 2 rings (SSSR count). The van der Waals surface area contributed by atoms with E-state index in [1.807, 2.05) is 13.8 Å². The first-order valence-electron chi connectivity index (χ1n) is 3.95. The molecular formula is C8H9N5. The van der Waals surface area contributed by atoms with Crippen LogP contribution in [0.3, 0.4) is 0 Å². The molecule has 0 amide bonds. The molecule has 0 saturated carbocycles. The van der Waals surface area contributed by atoms with Crippen LogP contribution in [0.2, 0.25) is 0 Å². The van der Waals surface area contributed by atoms with Crippen LogP contribution in [-0.4, -0.2) is 24.7 Å². The number of aryl methyl sites for hydroxylation is 2. The van der Waals surface area contributed by atoms with E-state index in [9.17, 15) is 0 Å². The van der Waals surface area contributed by atoms with E-state index in [-0.39, 0.29) is 0 Å². The van der Waals surface area contributed by atoms with Crippen LogP contribution in [-0.2, 0) is 0 Å². The fraction of sp³-hybridized carbons (Fsp3) is 0.250. The van der Waals surface area contributed by atoms with Crippen molar-refractivity contribution in [1.82, 2.24) is 24.7 Å². The molecule has 0 aliphatic heterocycles. The lowest BCUT2D eigenvalue weighted by atomic mass is 10.6. The van der Waals surface area contributed by atoms with Gasteiger partial charge in [-0.25, -0.2) is 15.0 Å². The van der Waals surface area contributed by atoms with E-state index >= 15 is 0 Å². The minimum absolute atomic E-state index is 0.556. The predicted molar refractivity (Wildman–Crippen MR) is 46.4 cm³/mol. The topological polar surface area (TPSA) is 56.5 Å². The Morgan fingerprint density at radius 1 is 1.15 bits per heavy atom. The summed E-state index contributed by atoms with van der Waals surface area (Å²) in [6.07, 6.45) is 3.36. The molecule has 13 heavy (non-hydrogen) atoms. The van der Waals surface area contributed by atoms with Crippen LogP contribution in [0.25, 0.3) is 5.95 Å². The summed E-state index contributed by atoms with van der Waals surface area (Å²) in [7, 11) is 0. The van der Waals surface area contributed by atoms with Crippen LogP contribution in [0, 0.1) is 13.8 Å². The van der Waals surface area contributed by atoms with Crippen molar-refractivity contribution < 1.29 is 0 Å². The highest BCUT2D eigenvalue weighted by Gasteiger charge is 2.05. The first-order chi connectivity index (χ1) is 6.27. The van der Waals surface area contributed by atoms with Crippen molar-refractivity contribution >= 4 is 0 Å². The summed E-state index contributed by atoms with van der Waals surface area (Å²) in [6.45, 7) is 3.71. The maximum atomic E-state index is 4.16. The van der Waals surface area contributed by atoms with Gasteiger partial charge in [-0.1, -0.05) is 0 Å². The van der Waals surface area contributed by atoms with Gasteiger partial charge in [0.1, 0.15) is 11.6 Å². The Kier molecular flexibility index (Phi) is 1.77. The van der Waals surface area contributed by atoms with Crippen molar-refractivity contribution in [3.8, 4) is 5.95 Å². The zero-order valence-electron chi connectivity index (χ0n) is 7.47. The smallest absolute Gasteiger partial charge is 0.220 e. The third-order valence-electron chi connectivity index (χ3n) is 1.62. The highest BCUT2D eigenvalue weighted by Crippen LogP contribution is 2.01. The summed E-state index contributed by atoms with van der Waals surface area (Å²) in [5, 5.41) is 4.16. The van der Waals surface area contributed by atoms with E-state index in [2.05, 4.69) is 20.1 Å². The van der Waals surface area contributed by atoms with Crippen molar-refractivity contribution in [3.05, 3.63) is 30.1 Å². The predicted octanol–water partition coefficient (Wildman–Crippen LogP) is 0.674. The minimum atomic E-state index is 0.556. The van der Waals surface area contributed by atoms with Gasteiger partial charge in [-0.3, -0.25) is 0 Å². The number of hydrogen-bond acceptors (Lipinski definition) is 4. The maximum Gasteiger partial charge on any atom is 0.252 e. The molecule has 5 heteroatoms. The van der Waals surface area contributed by atoms with E-state index < -0.39 is 0 Å². The lowest BCUT2D eigenvalue weighted by molar-refractivity contribution is 0.771. The van der Waals surface area contributed by atoms with E-state index in [1.54, 1.807) is 23.1 Å². The summed E-state index contributed by atoms with van der Waals surface area (Å²) in [5.74, 6) is 2.08. The van der Waals surface area contributed by atoms with Crippen molar-refractivity contribution in [2.24, 2.45) is 0 Å². The molecule has 0 aliphatic carbocycles. The molecule has 2 heterocycles. The molecule has 0 spiro atoms. The van der Waals surface area contributed by atoms with Crippen LogP contribution in [0.5, 0.6) is 0 Å². The monoisotopic (exact) mass is 175 g/mol. The zero-order chi connectivity index (χ0) is 9.26. The second-order valence-electron chi connectivity index (χ2n) is 2.67. The Balaban J connectivity index is 2.53. The van der Waals surface area contributed by atoms with E-state index in [4.69, 9.17) is 0 Å². The third-order valence-corrected chi connectivity index (χ3v) is 1.62. The molecule has 5 nitrogen and oxygen atoms in total. The molecule has 0 radical (unpaired) electrons. The first-order valence-corrected chi connectivity index (χ1v) is 3.95. The summed E-state index contributed by atoms with van der Waals surface area (Å²) in [4.78, 5) is 12.3. The maximum absolute atomic E-state index is 4.16. The van der Waals surface area contributed by atoms with E-state index in [0.717, 1.165) is 11.6 Å². The van der Waals surface area contributed by atoms with Gasteiger partial charge in [-0.05, 0) is 19.9 Å². The molecule has 0 bridgehead atoms. The van der Waals surface area contributed by atoms with Gasteiger partial charge in [0.15, 0.2) is 0 Å². The molecule has 0 fully saturated rings. The van der Waals surface area contributed by atoms with E-state index in [0.29, 0.717) is 5.95 Å². The van der Waals surface area contributed by atoms with Crippen LogP contribution in [0.4, 0.5) is 0 Å². The van der Waals surface area contributed by atoms with E-state index in [1.165, 1.54) is 0 Å². The van der Waals surface area contributed by atoms with Crippen LogP contribution in [0.1, 0.15) is 11.6 Å². The molecular weight excluding hydrogens is 166 g/mol. The molecule has 0 saturated heterocycles. The van der Waals surface area contributed by atoms with Gasteiger partial charge in [0.2, 0.25) is 0 Å². The molecule has 0 unspecified atom stereocenters. The van der Waals surface area contributed by atoms with Gasteiger partial charge in [0.25, 0.3) is 5.95 Å². The number of hydrogen-bond donors (Lipinski definition) is 0. The average Bonchev–Trinajstić information content (AvgIpc) is 2.47. The fourth-order valence-electron chi connectivity index (χ4n) is 1.11. The Labute approximate surface area is 75.5 Å². The Bertz CT molecular complexity index is 406. The molecule has 0 aromatic carbocycles. The highest BCUT2D eigenvalue weighted by molar-refractivity contribution is 5.10. The first kappa shape index (κ1) is 7.85. The minimum Gasteiger partial charge on any atom is -0.220 e. The Hall–Kier alpha value is -1.78. The van der Waals surface area contributed by atoms with Crippen molar-refractivity contribution in [2.75, 3.05) is 0 Å². The van der Waals surface area contributed by atoms with Gasteiger partial charge < -0.3 is 0 Å². The van der Waals surface area contributed by atoms with Crippen molar-refractivity contribution in [2.45, 2.75) is 13.8 Å².